The molecule has 0 unspecified atom stereocenters. The predicted octanol–water partition coefficient (Wildman–Crippen LogP) is 5.95. The van der Waals surface area contributed by atoms with Crippen LogP contribution in [0, 0.1) is 0 Å². The van der Waals surface area contributed by atoms with Gasteiger partial charge in [-0.3, -0.25) is 4.79 Å². The molecule has 1 atom stereocenters. The van der Waals surface area contributed by atoms with Gasteiger partial charge >= 0.3 is 11.9 Å². The zero-order valence-electron chi connectivity index (χ0n) is 16.7. The maximum Gasteiger partial charge on any atom is 0.343 e. The number of amides is 1. The molecule has 2 N–H and O–H groups in total. The summed E-state index contributed by atoms with van der Waals surface area (Å²) in [6.07, 6.45) is -0.0468. The SMILES string of the molecule is O=C(Oc1c(Cl)cccc1Cl)c1ccc(C[C@H](NC(=O)c2c(Cl)cccc2Cl)C(=O)O)cc1. The second kappa shape index (κ2) is 10.9. The third kappa shape index (κ3) is 6.18. The van der Waals surface area contributed by atoms with Crippen LogP contribution in [0.5, 0.6) is 5.75 Å². The molecule has 3 rings (SSSR count). The van der Waals surface area contributed by atoms with Crippen molar-refractivity contribution in [3.05, 3.63) is 97.4 Å². The Morgan fingerprint density at radius 3 is 1.85 bits per heavy atom. The van der Waals surface area contributed by atoms with Crippen LogP contribution >= 0.6 is 46.4 Å². The Bertz CT molecular complexity index is 1170. The molecule has 0 aliphatic carbocycles. The minimum absolute atomic E-state index is 0.0107. The molecule has 0 spiro atoms. The van der Waals surface area contributed by atoms with Crippen LogP contribution in [0.1, 0.15) is 26.3 Å². The van der Waals surface area contributed by atoms with Crippen LogP contribution in [0.3, 0.4) is 0 Å². The van der Waals surface area contributed by atoms with Crippen molar-refractivity contribution in [2.45, 2.75) is 12.5 Å². The molecule has 0 heterocycles. The molecule has 0 radical (unpaired) electrons. The fraction of sp³-hybridized carbons (Fsp3) is 0.0870. The molecule has 0 fully saturated rings. The van der Waals surface area contributed by atoms with E-state index in [0.717, 1.165) is 0 Å². The molecule has 3 aromatic rings. The summed E-state index contributed by atoms with van der Waals surface area (Å²) < 4.78 is 5.27. The predicted molar refractivity (Wildman–Crippen MR) is 127 cm³/mol. The van der Waals surface area contributed by atoms with Crippen molar-refractivity contribution in [1.29, 1.82) is 0 Å². The van der Waals surface area contributed by atoms with E-state index < -0.39 is 23.9 Å². The molecular formula is C23H15Cl4NO5. The normalized spacial score (nSPS) is 11.5. The number of carboxylic acids is 1. The number of ether oxygens (including phenoxy) is 1. The van der Waals surface area contributed by atoms with Gasteiger partial charge in [-0.1, -0.05) is 70.7 Å². The van der Waals surface area contributed by atoms with Gasteiger partial charge in [0.1, 0.15) is 6.04 Å². The largest absolute Gasteiger partial charge is 0.480 e. The third-order valence-electron chi connectivity index (χ3n) is 4.54. The highest BCUT2D eigenvalue weighted by Crippen LogP contribution is 2.33. The topological polar surface area (TPSA) is 92.7 Å². The van der Waals surface area contributed by atoms with Gasteiger partial charge in [0.25, 0.3) is 5.91 Å². The van der Waals surface area contributed by atoms with Crippen molar-refractivity contribution in [2.75, 3.05) is 0 Å². The molecule has 0 aliphatic rings. The lowest BCUT2D eigenvalue weighted by Crippen LogP contribution is -2.42. The molecule has 0 aliphatic heterocycles. The Hall–Kier alpha value is -2.77. The lowest BCUT2D eigenvalue weighted by atomic mass is 10.0. The summed E-state index contributed by atoms with van der Waals surface area (Å²) >= 11 is 24.1. The molecule has 0 saturated carbocycles. The summed E-state index contributed by atoms with van der Waals surface area (Å²) in [7, 11) is 0. The highest BCUT2D eigenvalue weighted by atomic mass is 35.5. The molecule has 3 aromatic carbocycles. The van der Waals surface area contributed by atoms with Crippen molar-refractivity contribution < 1.29 is 24.2 Å². The quantitative estimate of drug-likeness (QED) is 0.293. The molecule has 0 aromatic heterocycles. The number of hydrogen-bond acceptors (Lipinski definition) is 4. The lowest BCUT2D eigenvalue weighted by molar-refractivity contribution is -0.139. The molecule has 6 nitrogen and oxygen atoms in total. The van der Waals surface area contributed by atoms with Crippen LogP contribution in [0.25, 0.3) is 0 Å². The van der Waals surface area contributed by atoms with E-state index in [1.807, 2.05) is 0 Å². The lowest BCUT2D eigenvalue weighted by Gasteiger charge is -2.16. The van der Waals surface area contributed by atoms with Crippen molar-refractivity contribution in [1.82, 2.24) is 5.32 Å². The Kier molecular flexibility index (Phi) is 8.21. The molecule has 0 saturated heterocycles. The number of rotatable bonds is 7. The van der Waals surface area contributed by atoms with Crippen LogP contribution in [0.2, 0.25) is 20.1 Å². The van der Waals surface area contributed by atoms with Crippen molar-refractivity contribution >= 4 is 64.2 Å². The second-order valence-corrected chi connectivity index (χ2v) is 8.43. The van der Waals surface area contributed by atoms with E-state index in [2.05, 4.69) is 5.32 Å². The Morgan fingerprint density at radius 2 is 1.33 bits per heavy atom. The van der Waals surface area contributed by atoms with Crippen LogP contribution in [0.4, 0.5) is 0 Å². The van der Waals surface area contributed by atoms with Gasteiger partial charge in [0.15, 0.2) is 5.75 Å². The number of carbonyl (C=O) groups is 3. The van der Waals surface area contributed by atoms with Crippen LogP contribution in [0.15, 0.2) is 60.7 Å². The summed E-state index contributed by atoms with van der Waals surface area (Å²) in [5, 5.41) is 12.5. The highest BCUT2D eigenvalue weighted by Gasteiger charge is 2.24. The Balaban J connectivity index is 1.71. The van der Waals surface area contributed by atoms with E-state index in [1.165, 1.54) is 36.4 Å². The second-order valence-electron chi connectivity index (χ2n) is 6.80. The average Bonchev–Trinajstić information content (AvgIpc) is 2.76. The molecular weight excluding hydrogens is 512 g/mol. The van der Waals surface area contributed by atoms with Crippen molar-refractivity contribution in [3.8, 4) is 5.75 Å². The van der Waals surface area contributed by atoms with Gasteiger partial charge in [-0.2, -0.15) is 0 Å². The van der Waals surface area contributed by atoms with Gasteiger partial charge in [-0.15, -0.1) is 0 Å². The number of halogens is 4. The smallest absolute Gasteiger partial charge is 0.343 e. The van der Waals surface area contributed by atoms with Gasteiger partial charge in [0.2, 0.25) is 0 Å². The summed E-state index contributed by atoms with van der Waals surface area (Å²) in [6, 6.07) is 14.0. The molecule has 1 amide bonds. The standard InChI is InChI=1S/C23H15Cl4NO5/c24-14-3-1-4-15(25)19(14)21(29)28-18(22(30)31)11-12-7-9-13(10-8-12)23(32)33-20-16(26)5-2-6-17(20)27/h1-10,18H,11H2,(H,28,29)(H,30,31)/t18-/m0/s1. The van der Waals surface area contributed by atoms with Crippen molar-refractivity contribution in [3.63, 3.8) is 0 Å². The number of carbonyl (C=O) groups excluding carboxylic acids is 2. The first kappa shape index (κ1) is 24.9. The first-order valence-corrected chi connectivity index (χ1v) is 10.9. The third-order valence-corrected chi connectivity index (χ3v) is 5.76. The van der Waals surface area contributed by atoms with Gasteiger partial charge in [0.05, 0.1) is 31.2 Å². The van der Waals surface area contributed by atoms with Crippen molar-refractivity contribution in [2.24, 2.45) is 0 Å². The monoisotopic (exact) mass is 525 g/mol. The Morgan fingerprint density at radius 1 is 0.818 bits per heavy atom. The number of carboxylic acid groups (broad SMARTS) is 1. The van der Waals surface area contributed by atoms with E-state index >= 15 is 0 Å². The number of benzene rings is 3. The minimum Gasteiger partial charge on any atom is -0.480 e. The molecule has 170 valence electrons. The van der Waals surface area contributed by atoms with Gasteiger partial charge in [-0.05, 0) is 42.0 Å². The highest BCUT2D eigenvalue weighted by molar-refractivity contribution is 6.39. The summed E-state index contributed by atoms with van der Waals surface area (Å²) in [6.45, 7) is 0. The van der Waals surface area contributed by atoms with Gasteiger partial charge in [0, 0.05) is 6.42 Å². The summed E-state index contributed by atoms with van der Waals surface area (Å²) in [5.74, 6) is -2.60. The first-order valence-electron chi connectivity index (χ1n) is 9.40. The van der Waals surface area contributed by atoms with E-state index in [0.29, 0.717) is 5.56 Å². The maximum absolute atomic E-state index is 12.5. The zero-order valence-corrected chi connectivity index (χ0v) is 19.7. The van der Waals surface area contributed by atoms with E-state index in [4.69, 9.17) is 51.1 Å². The van der Waals surface area contributed by atoms with Gasteiger partial charge < -0.3 is 15.2 Å². The first-order chi connectivity index (χ1) is 15.7. The van der Waals surface area contributed by atoms with Crippen LogP contribution in [-0.4, -0.2) is 29.0 Å². The number of hydrogen-bond donors (Lipinski definition) is 2. The fourth-order valence-corrected chi connectivity index (χ4v) is 3.93. The molecule has 10 heteroatoms. The summed E-state index contributed by atoms with van der Waals surface area (Å²) in [4.78, 5) is 36.7. The number of nitrogens with one attached hydrogen (secondary N) is 1. The maximum atomic E-state index is 12.5. The zero-order chi connectivity index (χ0) is 24.1. The number of aliphatic carboxylic acids is 1. The number of esters is 1. The molecule has 33 heavy (non-hydrogen) atoms. The van der Waals surface area contributed by atoms with E-state index in [-0.39, 0.29) is 43.4 Å². The van der Waals surface area contributed by atoms with E-state index in [1.54, 1.807) is 24.3 Å². The average molecular weight is 527 g/mol. The molecule has 0 bridgehead atoms. The van der Waals surface area contributed by atoms with Crippen LogP contribution < -0.4 is 10.1 Å². The van der Waals surface area contributed by atoms with E-state index in [9.17, 15) is 19.5 Å². The number of para-hydroxylation sites is 1. The minimum atomic E-state index is -1.26. The summed E-state index contributed by atoms with van der Waals surface area (Å²) in [5.41, 5.74) is 0.747. The van der Waals surface area contributed by atoms with Gasteiger partial charge in [-0.25, -0.2) is 9.59 Å². The van der Waals surface area contributed by atoms with Crippen LogP contribution in [-0.2, 0) is 11.2 Å². The fourth-order valence-electron chi connectivity index (χ4n) is 2.89. The Labute approximate surface area is 209 Å².